The molecule has 1 aliphatic rings. The summed E-state index contributed by atoms with van der Waals surface area (Å²) in [5.41, 5.74) is 1.10. The highest BCUT2D eigenvalue weighted by atomic mass is 32.2. The van der Waals surface area contributed by atoms with Gasteiger partial charge in [0.2, 0.25) is 0 Å². The molecule has 1 fully saturated rings. The van der Waals surface area contributed by atoms with E-state index in [-0.39, 0.29) is 15.8 Å². The molecule has 1 atom stereocenters. The van der Waals surface area contributed by atoms with Crippen molar-refractivity contribution in [2.45, 2.75) is 19.4 Å². The fraction of sp³-hybridized carbons (Fsp3) is 0.190. The second-order valence-electron chi connectivity index (χ2n) is 6.50. The number of hydrogen-bond donors (Lipinski definition) is 2. The Balaban J connectivity index is 1.79. The van der Waals surface area contributed by atoms with E-state index in [9.17, 15) is 24.3 Å². The van der Waals surface area contributed by atoms with Crippen LogP contribution in [0.3, 0.4) is 0 Å². The zero-order valence-corrected chi connectivity index (χ0v) is 18.3. The molecule has 166 valence electrons. The molecule has 0 saturated carbocycles. The highest BCUT2D eigenvalue weighted by molar-refractivity contribution is 8.26. The van der Waals surface area contributed by atoms with Crippen LogP contribution in [0.4, 0.5) is 0 Å². The number of ether oxygens (including phenoxy) is 1. The molecule has 0 aliphatic carbocycles. The lowest BCUT2D eigenvalue weighted by atomic mass is 10.1. The molecule has 3 rings (SSSR count). The third-order valence-electron chi connectivity index (χ3n) is 4.37. The molecule has 11 heteroatoms. The number of nitrogens with zero attached hydrogens (tertiary/aromatic N) is 1. The molecule has 1 amide bonds. The maximum atomic E-state index is 12.7. The number of thioether (sulfide) groups is 1. The quantitative estimate of drug-likeness (QED) is 0.333. The highest BCUT2D eigenvalue weighted by Gasteiger charge is 2.41. The number of hydrogen-bond acceptors (Lipinski definition) is 8. The normalized spacial score (nSPS) is 15.8. The Kier molecular flexibility index (Phi) is 7.11. The molecular weight excluding hydrogens is 458 g/mol. The van der Waals surface area contributed by atoms with Crippen LogP contribution >= 0.6 is 24.0 Å². The second-order valence-corrected chi connectivity index (χ2v) is 8.18. The third kappa shape index (κ3) is 5.06. The zero-order valence-electron chi connectivity index (χ0n) is 16.6. The van der Waals surface area contributed by atoms with Gasteiger partial charge in [-0.3, -0.25) is 14.5 Å². The zero-order chi connectivity index (χ0) is 23.4. The average Bonchev–Trinajstić information content (AvgIpc) is 3.31. The van der Waals surface area contributed by atoms with E-state index in [2.05, 4.69) is 0 Å². The van der Waals surface area contributed by atoms with Crippen LogP contribution in [0.5, 0.6) is 0 Å². The van der Waals surface area contributed by atoms with E-state index >= 15 is 0 Å². The first-order valence-corrected chi connectivity index (χ1v) is 10.5. The second kappa shape index (κ2) is 9.79. The predicted octanol–water partition coefficient (Wildman–Crippen LogP) is 3.25. The van der Waals surface area contributed by atoms with Gasteiger partial charge in [0.1, 0.15) is 21.9 Å². The lowest BCUT2D eigenvalue weighted by molar-refractivity contribution is -0.150. The summed E-state index contributed by atoms with van der Waals surface area (Å²) >= 11 is 5.96. The summed E-state index contributed by atoms with van der Waals surface area (Å²) < 4.78 is 10.6. The number of carbonyl (C=O) groups excluding carboxylic acids is 2. The summed E-state index contributed by atoms with van der Waals surface area (Å²) in [5, 5.41) is 18.3. The Hall–Kier alpha value is -3.44. The Labute approximate surface area is 191 Å². The number of carbonyl (C=O) groups is 4. The van der Waals surface area contributed by atoms with E-state index in [0.717, 1.165) is 16.7 Å². The molecular formula is C21H17NO8S2. The smallest absolute Gasteiger partial charge is 0.338 e. The maximum Gasteiger partial charge on any atom is 0.338 e. The predicted molar refractivity (Wildman–Crippen MR) is 119 cm³/mol. The summed E-state index contributed by atoms with van der Waals surface area (Å²) in [4.78, 5) is 47.8. The van der Waals surface area contributed by atoms with Crippen molar-refractivity contribution >= 4 is 58.2 Å². The monoisotopic (exact) mass is 475 g/mol. The van der Waals surface area contributed by atoms with Gasteiger partial charge in [0.25, 0.3) is 5.91 Å². The Morgan fingerprint density at radius 1 is 1.19 bits per heavy atom. The van der Waals surface area contributed by atoms with Crippen molar-refractivity contribution in [3.8, 4) is 11.3 Å². The molecule has 1 aromatic heterocycles. The van der Waals surface area contributed by atoms with Crippen LogP contribution < -0.4 is 0 Å². The van der Waals surface area contributed by atoms with Crippen LogP contribution in [0.15, 0.2) is 45.7 Å². The summed E-state index contributed by atoms with van der Waals surface area (Å²) in [5.74, 6) is -3.15. The van der Waals surface area contributed by atoms with Gasteiger partial charge in [0, 0.05) is 11.6 Å². The topological polar surface area (TPSA) is 134 Å². The van der Waals surface area contributed by atoms with Gasteiger partial charge < -0.3 is 19.4 Å². The molecule has 2 N–H and O–H groups in total. The minimum Gasteiger partial charge on any atom is -0.481 e. The van der Waals surface area contributed by atoms with Crippen molar-refractivity contribution in [1.29, 1.82) is 0 Å². The lowest BCUT2D eigenvalue weighted by Crippen LogP contribution is -2.45. The van der Waals surface area contributed by atoms with E-state index in [1.165, 1.54) is 6.08 Å². The van der Waals surface area contributed by atoms with E-state index in [1.807, 2.05) is 0 Å². The molecule has 2 aromatic rings. The third-order valence-corrected chi connectivity index (χ3v) is 5.70. The van der Waals surface area contributed by atoms with E-state index in [4.69, 9.17) is 26.5 Å². The molecule has 1 unspecified atom stereocenters. The van der Waals surface area contributed by atoms with E-state index in [1.54, 1.807) is 43.3 Å². The van der Waals surface area contributed by atoms with Crippen molar-refractivity contribution in [1.82, 2.24) is 4.90 Å². The van der Waals surface area contributed by atoms with Crippen molar-refractivity contribution in [2.75, 3.05) is 6.61 Å². The molecule has 1 aromatic carbocycles. The SMILES string of the molecule is CCOC(=O)c1ccc(-c2ccc(/C=C3/SC(=S)N(C(CC(=O)O)C(=O)O)C3=O)o2)cc1. The number of carboxylic acid groups (broad SMARTS) is 2. The first-order valence-electron chi connectivity index (χ1n) is 9.30. The highest BCUT2D eigenvalue weighted by Crippen LogP contribution is 2.35. The standard InChI is InChI=1S/C21H17NO8S2/c1-2-29-20(28)12-5-3-11(4-6-12)15-8-7-13(30-15)9-16-18(25)22(21(31)32-16)14(19(26)27)10-17(23)24/h3-9,14H,2,10H2,1H3,(H,23,24)(H,26,27)/b16-9+. The van der Waals surface area contributed by atoms with E-state index < -0.39 is 36.3 Å². The van der Waals surface area contributed by atoms with Gasteiger partial charge in [-0.15, -0.1) is 0 Å². The van der Waals surface area contributed by atoms with Crippen LogP contribution in [0.1, 0.15) is 29.5 Å². The number of aliphatic carboxylic acids is 2. The average molecular weight is 476 g/mol. The number of rotatable bonds is 8. The van der Waals surface area contributed by atoms with Crippen molar-refractivity contribution in [2.24, 2.45) is 0 Å². The van der Waals surface area contributed by atoms with Gasteiger partial charge in [-0.05, 0) is 31.2 Å². The summed E-state index contributed by atoms with van der Waals surface area (Å²) in [6, 6.07) is 8.29. The van der Waals surface area contributed by atoms with Crippen LogP contribution in [0, 0.1) is 0 Å². The lowest BCUT2D eigenvalue weighted by Gasteiger charge is -2.21. The molecule has 2 heterocycles. The summed E-state index contributed by atoms with van der Waals surface area (Å²) in [7, 11) is 0. The minimum atomic E-state index is -1.60. The Morgan fingerprint density at radius 3 is 2.47 bits per heavy atom. The van der Waals surface area contributed by atoms with Gasteiger partial charge in [-0.1, -0.05) is 36.1 Å². The molecule has 0 spiro atoms. The minimum absolute atomic E-state index is 0.0452. The number of furan rings is 1. The van der Waals surface area contributed by atoms with E-state index in [0.29, 0.717) is 22.6 Å². The summed E-state index contributed by atoms with van der Waals surface area (Å²) in [6.45, 7) is 2.00. The fourth-order valence-electron chi connectivity index (χ4n) is 2.90. The largest absolute Gasteiger partial charge is 0.481 e. The van der Waals surface area contributed by atoms with Crippen LogP contribution in [-0.4, -0.2) is 55.9 Å². The Morgan fingerprint density at radius 2 is 1.88 bits per heavy atom. The van der Waals surface area contributed by atoms with Gasteiger partial charge in [0.05, 0.1) is 23.5 Å². The van der Waals surface area contributed by atoms with Gasteiger partial charge >= 0.3 is 17.9 Å². The number of amides is 1. The fourth-order valence-corrected chi connectivity index (χ4v) is 4.24. The molecule has 9 nitrogen and oxygen atoms in total. The number of carboxylic acids is 2. The first kappa shape index (κ1) is 23.2. The summed E-state index contributed by atoms with van der Waals surface area (Å²) in [6.07, 6.45) is 0.636. The molecule has 0 bridgehead atoms. The molecule has 0 radical (unpaired) electrons. The number of esters is 1. The van der Waals surface area contributed by atoms with Gasteiger partial charge in [-0.25, -0.2) is 9.59 Å². The number of thiocarbonyl (C=S) groups is 1. The van der Waals surface area contributed by atoms with Gasteiger partial charge in [0.15, 0.2) is 0 Å². The van der Waals surface area contributed by atoms with Gasteiger partial charge in [-0.2, -0.15) is 0 Å². The van der Waals surface area contributed by atoms with Crippen molar-refractivity contribution in [3.05, 3.63) is 52.6 Å². The maximum absolute atomic E-state index is 12.7. The van der Waals surface area contributed by atoms with Crippen LogP contribution in [0.2, 0.25) is 0 Å². The van der Waals surface area contributed by atoms with Crippen LogP contribution in [0.25, 0.3) is 17.4 Å². The van der Waals surface area contributed by atoms with Crippen molar-refractivity contribution < 1.29 is 38.5 Å². The molecule has 1 saturated heterocycles. The first-order chi connectivity index (χ1) is 15.2. The molecule has 1 aliphatic heterocycles. The Bertz CT molecular complexity index is 1120. The number of benzene rings is 1. The van der Waals surface area contributed by atoms with Crippen LogP contribution in [-0.2, 0) is 19.1 Å². The van der Waals surface area contributed by atoms with Crippen molar-refractivity contribution in [3.63, 3.8) is 0 Å². The molecule has 32 heavy (non-hydrogen) atoms.